The lowest BCUT2D eigenvalue weighted by Gasteiger charge is -2.18. The van der Waals surface area contributed by atoms with Crippen molar-refractivity contribution in [3.63, 3.8) is 0 Å². The van der Waals surface area contributed by atoms with Crippen molar-refractivity contribution < 1.29 is 0 Å². The molecular formula is C12H9BrCl3NS. The number of hydrogen-bond acceptors (Lipinski definition) is 2. The fourth-order valence-electron chi connectivity index (χ4n) is 1.76. The van der Waals surface area contributed by atoms with Crippen LogP contribution in [0.3, 0.4) is 0 Å². The summed E-state index contributed by atoms with van der Waals surface area (Å²) in [4.78, 5) is 0. The van der Waals surface area contributed by atoms with Crippen molar-refractivity contribution in [3.05, 3.63) is 53.6 Å². The molecule has 6 heteroatoms. The SMILES string of the molecule is CNC(c1cc(Cl)ccc1Br)c1cc(Cl)sc1Cl. The van der Waals surface area contributed by atoms with Crippen molar-refractivity contribution in [1.82, 2.24) is 5.32 Å². The topological polar surface area (TPSA) is 12.0 Å². The molecule has 1 N–H and O–H groups in total. The smallest absolute Gasteiger partial charge is 0.0995 e. The second-order valence-corrected chi connectivity index (χ2v) is 7.24. The summed E-state index contributed by atoms with van der Waals surface area (Å²) in [5, 5.41) is 3.92. The van der Waals surface area contributed by atoms with E-state index in [0.29, 0.717) is 13.7 Å². The fourth-order valence-corrected chi connectivity index (χ4v) is 3.95. The summed E-state index contributed by atoms with van der Waals surface area (Å²) in [6, 6.07) is 7.50. The van der Waals surface area contributed by atoms with Gasteiger partial charge in [-0.25, -0.2) is 0 Å². The first-order valence-corrected chi connectivity index (χ1v) is 7.84. The molecule has 1 aromatic heterocycles. The van der Waals surface area contributed by atoms with Gasteiger partial charge in [0.2, 0.25) is 0 Å². The number of hydrogen-bond donors (Lipinski definition) is 1. The molecule has 1 unspecified atom stereocenters. The lowest BCUT2D eigenvalue weighted by molar-refractivity contribution is 0.691. The summed E-state index contributed by atoms with van der Waals surface area (Å²) in [5.41, 5.74) is 1.98. The summed E-state index contributed by atoms with van der Waals surface area (Å²) in [5.74, 6) is 0. The van der Waals surface area contributed by atoms with E-state index >= 15 is 0 Å². The maximum absolute atomic E-state index is 6.21. The molecule has 0 spiro atoms. The highest BCUT2D eigenvalue weighted by Gasteiger charge is 2.20. The van der Waals surface area contributed by atoms with Gasteiger partial charge in [0, 0.05) is 15.1 Å². The van der Waals surface area contributed by atoms with Gasteiger partial charge in [-0.15, -0.1) is 11.3 Å². The normalized spacial score (nSPS) is 12.7. The van der Waals surface area contributed by atoms with Crippen LogP contribution < -0.4 is 5.32 Å². The Labute approximate surface area is 133 Å². The summed E-state index contributed by atoms with van der Waals surface area (Å²) >= 11 is 23.1. The molecule has 18 heavy (non-hydrogen) atoms. The predicted octanol–water partition coefficient (Wildman–Crippen LogP) is 5.78. The van der Waals surface area contributed by atoms with Crippen LogP contribution in [-0.2, 0) is 0 Å². The second kappa shape index (κ2) is 6.12. The third-order valence-electron chi connectivity index (χ3n) is 2.55. The molecule has 0 fully saturated rings. The van der Waals surface area contributed by atoms with Gasteiger partial charge in [-0.1, -0.05) is 50.7 Å². The van der Waals surface area contributed by atoms with Gasteiger partial charge in [0.05, 0.1) is 14.7 Å². The summed E-state index contributed by atoms with van der Waals surface area (Å²) in [6.45, 7) is 0. The van der Waals surface area contributed by atoms with E-state index in [-0.39, 0.29) is 6.04 Å². The highest BCUT2D eigenvalue weighted by atomic mass is 79.9. The number of nitrogens with one attached hydrogen (secondary N) is 1. The minimum Gasteiger partial charge on any atom is -0.309 e. The van der Waals surface area contributed by atoms with E-state index in [0.717, 1.165) is 15.6 Å². The summed E-state index contributed by atoms with van der Waals surface area (Å²) in [7, 11) is 1.87. The Balaban J connectivity index is 2.51. The molecular weight excluding hydrogens is 376 g/mol. The number of benzene rings is 1. The lowest BCUT2D eigenvalue weighted by Crippen LogP contribution is -2.17. The molecule has 0 saturated heterocycles. The number of rotatable bonds is 3. The molecule has 1 aromatic carbocycles. The van der Waals surface area contributed by atoms with E-state index in [9.17, 15) is 0 Å². The van der Waals surface area contributed by atoms with Gasteiger partial charge < -0.3 is 5.32 Å². The molecule has 0 bridgehead atoms. The average molecular weight is 386 g/mol. The monoisotopic (exact) mass is 383 g/mol. The van der Waals surface area contributed by atoms with Gasteiger partial charge in [-0.2, -0.15) is 0 Å². The average Bonchev–Trinajstić information content (AvgIpc) is 2.64. The minimum atomic E-state index is -0.0469. The van der Waals surface area contributed by atoms with Gasteiger partial charge in [0.25, 0.3) is 0 Å². The van der Waals surface area contributed by atoms with Gasteiger partial charge >= 0.3 is 0 Å². The van der Waals surface area contributed by atoms with Crippen molar-refractivity contribution in [3.8, 4) is 0 Å². The van der Waals surface area contributed by atoms with Crippen LogP contribution in [0.1, 0.15) is 17.2 Å². The van der Waals surface area contributed by atoms with E-state index in [1.807, 2.05) is 31.3 Å². The molecule has 0 aliphatic heterocycles. The largest absolute Gasteiger partial charge is 0.309 e. The molecule has 1 nitrogen and oxygen atoms in total. The van der Waals surface area contributed by atoms with E-state index in [2.05, 4.69) is 21.2 Å². The quantitative estimate of drug-likeness (QED) is 0.706. The van der Waals surface area contributed by atoms with Gasteiger partial charge in [0.1, 0.15) is 0 Å². The zero-order chi connectivity index (χ0) is 13.3. The van der Waals surface area contributed by atoms with Crippen LogP contribution in [0, 0.1) is 0 Å². The van der Waals surface area contributed by atoms with Crippen molar-refractivity contribution in [1.29, 1.82) is 0 Å². The predicted molar refractivity (Wildman–Crippen MR) is 84.4 cm³/mol. The molecule has 0 radical (unpaired) electrons. The fraction of sp³-hybridized carbons (Fsp3) is 0.167. The van der Waals surface area contributed by atoms with Crippen molar-refractivity contribution >= 4 is 62.1 Å². The first-order chi connectivity index (χ1) is 8.52. The van der Waals surface area contributed by atoms with Crippen LogP contribution in [0.25, 0.3) is 0 Å². The van der Waals surface area contributed by atoms with Crippen LogP contribution in [0.15, 0.2) is 28.7 Å². The van der Waals surface area contributed by atoms with Crippen molar-refractivity contribution in [2.45, 2.75) is 6.04 Å². The maximum atomic E-state index is 6.21. The summed E-state index contributed by atoms with van der Waals surface area (Å²) < 4.78 is 2.34. The number of halogens is 4. The van der Waals surface area contributed by atoms with Crippen LogP contribution in [-0.4, -0.2) is 7.05 Å². The van der Waals surface area contributed by atoms with E-state index < -0.39 is 0 Å². The first-order valence-electron chi connectivity index (χ1n) is 5.10. The molecule has 0 amide bonds. The van der Waals surface area contributed by atoms with Crippen LogP contribution >= 0.6 is 62.1 Å². The highest BCUT2D eigenvalue weighted by Crippen LogP contribution is 2.39. The minimum absolute atomic E-state index is 0.0469. The standard InChI is InChI=1S/C12H9BrCl3NS/c1-17-11(8-5-10(15)18-12(8)16)7-4-6(14)2-3-9(7)13/h2-5,11,17H,1H3. The van der Waals surface area contributed by atoms with E-state index in [1.54, 1.807) is 0 Å². The maximum Gasteiger partial charge on any atom is 0.0995 e. The van der Waals surface area contributed by atoms with E-state index in [4.69, 9.17) is 34.8 Å². The Morgan fingerprint density at radius 1 is 1.17 bits per heavy atom. The molecule has 0 saturated carbocycles. The molecule has 1 heterocycles. The molecule has 2 aromatic rings. The van der Waals surface area contributed by atoms with Crippen LogP contribution in [0.2, 0.25) is 13.7 Å². The Bertz CT molecular complexity index is 570. The Morgan fingerprint density at radius 3 is 2.44 bits per heavy atom. The van der Waals surface area contributed by atoms with Gasteiger partial charge in [-0.3, -0.25) is 0 Å². The zero-order valence-corrected chi connectivity index (χ0v) is 14.0. The third-order valence-corrected chi connectivity index (χ3v) is 5.03. The van der Waals surface area contributed by atoms with Gasteiger partial charge in [0.15, 0.2) is 0 Å². The number of thiophene rings is 1. The first kappa shape index (κ1) is 14.6. The highest BCUT2D eigenvalue weighted by molar-refractivity contribution is 9.10. The van der Waals surface area contributed by atoms with Crippen LogP contribution in [0.4, 0.5) is 0 Å². The van der Waals surface area contributed by atoms with Crippen molar-refractivity contribution in [2.24, 2.45) is 0 Å². The van der Waals surface area contributed by atoms with Gasteiger partial charge in [-0.05, 0) is 36.9 Å². The second-order valence-electron chi connectivity index (χ2n) is 3.67. The van der Waals surface area contributed by atoms with Crippen molar-refractivity contribution in [2.75, 3.05) is 7.05 Å². The Hall–Kier alpha value is 0.230. The molecule has 0 aliphatic carbocycles. The third kappa shape index (κ3) is 3.03. The Morgan fingerprint density at radius 2 is 1.89 bits per heavy atom. The molecule has 1 atom stereocenters. The van der Waals surface area contributed by atoms with Crippen LogP contribution in [0.5, 0.6) is 0 Å². The molecule has 96 valence electrons. The van der Waals surface area contributed by atoms with E-state index in [1.165, 1.54) is 11.3 Å². The molecule has 0 aliphatic rings. The Kier molecular flexibility index (Phi) is 4.98. The summed E-state index contributed by atoms with van der Waals surface area (Å²) in [6.07, 6.45) is 0. The zero-order valence-electron chi connectivity index (χ0n) is 9.31. The lowest BCUT2D eigenvalue weighted by atomic mass is 10.0. The molecule has 2 rings (SSSR count).